The molecule has 0 aromatic heterocycles. The minimum atomic E-state index is -0.305. The number of hydrogen-bond acceptors (Lipinski definition) is 2. The quantitative estimate of drug-likeness (QED) is 0.673. The topological polar surface area (TPSA) is 49.4 Å². The number of amides is 2. The lowest BCUT2D eigenvalue weighted by atomic mass is 9.84. The highest BCUT2D eigenvalue weighted by atomic mass is 35.5. The zero-order valence-corrected chi connectivity index (χ0v) is 14.4. The summed E-state index contributed by atoms with van der Waals surface area (Å²) in [7, 11) is 0. The van der Waals surface area contributed by atoms with Crippen LogP contribution < -0.4 is 9.74 Å². The van der Waals surface area contributed by atoms with E-state index in [0.717, 1.165) is 15.5 Å². The van der Waals surface area contributed by atoms with Gasteiger partial charge in [0.05, 0.1) is 5.69 Å². The molecule has 0 saturated heterocycles. The van der Waals surface area contributed by atoms with Crippen LogP contribution in [0.4, 0.5) is 11.4 Å². The molecule has 0 fully saturated rings. The van der Waals surface area contributed by atoms with Crippen molar-refractivity contribution in [1.82, 2.24) is 0 Å². The lowest BCUT2D eigenvalue weighted by molar-refractivity contribution is -0.115. The highest BCUT2D eigenvalue weighted by Crippen LogP contribution is 2.36. The maximum absolute atomic E-state index is 11.6. The van der Waals surface area contributed by atoms with Crippen LogP contribution in [-0.4, -0.2) is 17.7 Å². The first-order valence-electron chi connectivity index (χ1n) is 6.55. The molecule has 0 unspecified atom stereocenters. The van der Waals surface area contributed by atoms with Crippen LogP contribution in [0.25, 0.3) is 0 Å². The zero-order valence-electron chi connectivity index (χ0n) is 12.9. The number of benzene rings is 1. The third-order valence-corrected chi connectivity index (χ3v) is 3.69. The number of hydrogen-bond donors (Lipinski definition) is 1. The summed E-state index contributed by atoms with van der Waals surface area (Å²) in [6.45, 7) is 9.38. The first-order chi connectivity index (χ1) is 9.57. The summed E-state index contributed by atoms with van der Waals surface area (Å²) in [5, 5.41) is 2.76. The Bertz CT molecular complexity index is 566. The van der Waals surface area contributed by atoms with Gasteiger partial charge in [-0.3, -0.25) is 9.59 Å². The Morgan fingerprint density at radius 1 is 1.29 bits per heavy atom. The van der Waals surface area contributed by atoms with E-state index in [1.165, 1.54) is 6.92 Å². The molecular weight excluding hydrogens is 311 g/mol. The van der Waals surface area contributed by atoms with Crippen molar-refractivity contribution in [3.05, 3.63) is 23.3 Å². The number of halogens is 2. The van der Waals surface area contributed by atoms with Gasteiger partial charge < -0.3 is 5.32 Å². The van der Waals surface area contributed by atoms with Gasteiger partial charge in [-0.05, 0) is 29.5 Å². The van der Waals surface area contributed by atoms with Gasteiger partial charge in [0.15, 0.2) is 0 Å². The van der Waals surface area contributed by atoms with Gasteiger partial charge in [0.2, 0.25) is 11.8 Å². The van der Waals surface area contributed by atoms with Crippen LogP contribution in [0.3, 0.4) is 0 Å². The fourth-order valence-corrected chi connectivity index (χ4v) is 2.23. The van der Waals surface area contributed by atoms with E-state index >= 15 is 0 Å². The number of aryl methyl sites for hydroxylation is 1. The summed E-state index contributed by atoms with van der Waals surface area (Å²) in [6.07, 6.45) is 0. The fraction of sp³-hybridized carbons (Fsp3) is 0.467. The molecule has 0 atom stereocenters. The SMILES string of the molecule is CC(=O)N(Cl)c1cc(NC(=O)CCl)c(C(C)(C)C)cc1C. The molecule has 1 N–H and O–H groups in total. The lowest BCUT2D eigenvalue weighted by Crippen LogP contribution is -2.22. The minimum absolute atomic E-state index is 0.135. The molecule has 1 aromatic rings. The number of anilines is 2. The van der Waals surface area contributed by atoms with Crippen molar-refractivity contribution in [3.63, 3.8) is 0 Å². The molecule has 0 aliphatic carbocycles. The van der Waals surface area contributed by atoms with Crippen molar-refractivity contribution in [1.29, 1.82) is 0 Å². The summed E-state index contributed by atoms with van der Waals surface area (Å²) in [5.74, 6) is -0.733. The number of nitrogens with zero attached hydrogens (tertiary/aromatic N) is 1. The van der Waals surface area contributed by atoms with E-state index in [9.17, 15) is 9.59 Å². The monoisotopic (exact) mass is 330 g/mol. The van der Waals surface area contributed by atoms with E-state index in [0.29, 0.717) is 11.4 Å². The Hall–Kier alpha value is -1.26. The maximum atomic E-state index is 11.6. The third kappa shape index (κ3) is 4.35. The fourth-order valence-electron chi connectivity index (χ4n) is 1.99. The smallest absolute Gasteiger partial charge is 0.239 e. The molecule has 0 radical (unpaired) electrons. The molecule has 4 nitrogen and oxygen atoms in total. The molecule has 21 heavy (non-hydrogen) atoms. The van der Waals surface area contributed by atoms with E-state index in [-0.39, 0.29) is 23.1 Å². The summed E-state index contributed by atoms with van der Waals surface area (Å²) >= 11 is 11.6. The van der Waals surface area contributed by atoms with E-state index in [4.69, 9.17) is 23.4 Å². The number of alkyl halides is 1. The predicted molar refractivity (Wildman–Crippen MR) is 88.2 cm³/mol. The van der Waals surface area contributed by atoms with Crippen molar-refractivity contribution in [3.8, 4) is 0 Å². The van der Waals surface area contributed by atoms with Gasteiger partial charge in [-0.2, -0.15) is 0 Å². The van der Waals surface area contributed by atoms with Crippen LogP contribution in [0.5, 0.6) is 0 Å². The van der Waals surface area contributed by atoms with Gasteiger partial charge >= 0.3 is 0 Å². The molecule has 0 bridgehead atoms. The third-order valence-electron chi connectivity index (χ3n) is 3.03. The summed E-state index contributed by atoms with van der Waals surface area (Å²) in [6, 6.07) is 3.63. The van der Waals surface area contributed by atoms with Gasteiger partial charge in [0.1, 0.15) is 5.88 Å². The molecular formula is C15H20Cl2N2O2. The van der Waals surface area contributed by atoms with Crippen molar-refractivity contribution in [2.75, 3.05) is 15.6 Å². The molecule has 6 heteroatoms. The van der Waals surface area contributed by atoms with E-state index < -0.39 is 0 Å². The van der Waals surface area contributed by atoms with Gasteiger partial charge in [-0.25, -0.2) is 4.42 Å². The van der Waals surface area contributed by atoms with Gasteiger partial charge in [-0.15, -0.1) is 11.6 Å². The van der Waals surface area contributed by atoms with Gasteiger partial charge in [0, 0.05) is 24.4 Å². The Kier molecular flexibility index (Phi) is 5.65. The van der Waals surface area contributed by atoms with Crippen LogP contribution >= 0.6 is 23.4 Å². The van der Waals surface area contributed by atoms with Crippen molar-refractivity contribution in [2.24, 2.45) is 0 Å². The second-order valence-electron chi connectivity index (χ2n) is 5.92. The number of carbonyl (C=O) groups is 2. The second-order valence-corrected chi connectivity index (χ2v) is 6.52. The highest BCUT2D eigenvalue weighted by molar-refractivity contribution is 6.36. The standard InChI is InChI=1S/C15H20Cl2N2O2/c1-9-6-11(15(3,4)5)12(18-14(21)8-16)7-13(9)19(17)10(2)20/h6-7H,8H2,1-5H3,(H,18,21). The lowest BCUT2D eigenvalue weighted by Gasteiger charge is -2.26. The Morgan fingerprint density at radius 3 is 2.29 bits per heavy atom. The van der Waals surface area contributed by atoms with Gasteiger partial charge in [0.25, 0.3) is 0 Å². The molecule has 0 aliphatic heterocycles. The molecule has 1 aromatic carbocycles. The molecule has 2 amide bonds. The van der Waals surface area contributed by atoms with E-state index in [1.54, 1.807) is 6.07 Å². The van der Waals surface area contributed by atoms with Crippen molar-refractivity contribution < 1.29 is 9.59 Å². The average molecular weight is 331 g/mol. The summed E-state index contributed by atoms with van der Waals surface area (Å²) in [4.78, 5) is 23.1. The molecule has 116 valence electrons. The zero-order chi connectivity index (χ0) is 16.4. The normalized spacial score (nSPS) is 11.2. The number of rotatable bonds is 3. The van der Waals surface area contributed by atoms with Gasteiger partial charge in [-0.1, -0.05) is 26.8 Å². The van der Waals surface area contributed by atoms with E-state index in [2.05, 4.69) is 5.32 Å². The Balaban J connectivity index is 3.44. The summed E-state index contributed by atoms with van der Waals surface area (Å²) < 4.78 is 1.04. The predicted octanol–water partition coefficient (Wildman–Crippen LogP) is 3.98. The number of nitrogens with one attached hydrogen (secondary N) is 1. The van der Waals surface area contributed by atoms with Crippen LogP contribution in [0.15, 0.2) is 12.1 Å². The first kappa shape index (κ1) is 17.8. The Morgan fingerprint density at radius 2 is 1.86 bits per heavy atom. The minimum Gasteiger partial charge on any atom is -0.325 e. The van der Waals surface area contributed by atoms with E-state index in [1.807, 2.05) is 33.8 Å². The largest absolute Gasteiger partial charge is 0.325 e. The second kappa shape index (κ2) is 6.67. The maximum Gasteiger partial charge on any atom is 0.239 e. The molecule has 1 rings (SSSR count). The first-order valence-corrected chi connectivity index (χ1v) is 7.42. The highest BCUT2D eigenvalue weighted by Gasteiger charge is 2.22. The molecule has 0 heterocycles. The molecule has 0 saturated carbocycles. The van der Waals surface area contributed by atoms with Crippen molar-refractivity contribution >= 4 is 46.6 Å². The Labute approximate surface area is 135 Å². The number of carbonyl (C=O) groups excluding carboxylic acids is 2. The van der Waals surface area contributed by atoms with Crippen LogP contribution in [0.1, 0.15) is 38.8 Å². The average Bonchev–Trinajstić information content (AvgIpc) is 2.37. The molecule has 0 aliphatic rings. The molecule has 0 spiro atoms. The van der Waals surface area contributed by atoms with Crippen LogP contribution in [0, 0.1) is 6.92 Å². The van der Waals surface area contributed by atoms with Crippen molar-refractivity contribution in [2.45, 2.75) is 40.0 Å². The van der Waals surface area contributed by atoms with Crippen LogP contribution in [0.2, 0.25) is 0 Å². The summed E-state index contributed by atoms with van der Waals surface area (Å²) in [5.41, 5.74) is 2.79. The van der Waals surface area contributed by atoms with Crippen LogP contribution in [-0.2, 0) is 15.0 Å².